The van der Waals surface area contributed by atoms with Crippen molar-refractivity contribution in [3.8, 4) is 0 Å². The Kier molecular flexibility index (Phi) is 5.95. The lowest BCUT2D eigenvalue weighted by Crippen LogP contribution is -2.41. The number of hydrogen-bond acceptors (Lipinski definition) is 3. The van der Waals surface area contributed by atoms with Crippen molar-refractivity contribution in [3.63, 3.8) is 0 Å². The maximum Gasteiger partial charge on any atom is 0.337 e. The topological polar surface area (TPSA) is 53.9 Å². The molecule has 2 aliphatic rings. The zero-order valence-electron chi connectivity index (χ0n) is 15.3. The van der Waals surface area contributed by atoms with Crippen molar-refractivity contribution in [2.75, 3.05) is 33.8 Å². The smallest absolute Gasteiger partial charge is 0.337 e. The van der Waals surface area contributed by atoms with Gasteiger partial charge in [-0.2, -0.15) is 0 Å². The normalized spacial score (nSPS) is 23.3. The predicted molar refractivity (Wildman–Crippen MR) is 99.9 cm³/mol. The molecule has 1 aromatic carbocycles. The highest BCUT2D eigenvalue weighted by molar-refractivity contribution is 5.89. The number of ether oxygens (including phenoxy) is 1. The third-order valence-electron chi connectivity index (χ3n) is 5.56. The minimum Gasteiger partial charge on any atom is -0.465 e. The van der Waals surface area contributed by atoms with E-state index in [0.717, 1.165) is 43.9 Å². The standard InChI is InChI=1S/C20H29N3O2/c1-21-20(23-13-17-5-3-4-6-18(17)14-23)22-12-11-15-7-9-16(10-8-15)19(24)25-2/h7-10,17-18H,3-6,11-14H2,1-2H3,(H,21,22). The summed E-state index contributed by atoms with van der Waals surface area (Å²) in [6.07, 6.45) is 6.45. The summed E-state index contributed by atoms with van der Waals surface area (Å²) in [5.41, 5.74) is 1.79. The third-order valence-corrected chi connectivity index (χ3v) is 5.56. The Bertz CT molecular complexity index is 598. The van der Waals surface area contributed by atoms with Gasteiger partial charge < -0.3 is 15.0 Å². The number of aliphatic imine (C=N–C) groups is 1. The first-order valence-electron chi connectivity index (χ1n) is 9.34. The molecular formula is C20H29N3O2. The third kappa shape index (κ3) is 4.33. The van der Waals surface area contributed by atoms with Gasteiger partial charge in [-0.25, -0.2) is 4.79 Å². The number of methoxy groups -OCH3 is 1. The van der Waals surface area contributed by atoms with E-state index in [0.29, 0.717) is 5.56 Å². The Labute approximate surface area is 150 Å². The number of likely N-dealkylation sites (tertiary alicyclic amines) is 1. The molecule has 1 aliphatic heterocycles. The van der Waals surface area contributed by atoms with Crippen LogP contribution < -0.4 is 5.32 Å². The van der Waals surface area contributed by atoms with E-state index < -0.39 is 0 Å². The van der Waals surface area contributed by atoms with Gasteiger partial charge >= 0.3 is 5.97 Å². The first-order chi connectivity index (χ1) is 12.2. The molecule has 136 valence electrons. The molecule has 5 heteroatoms. The molecule has 1 saturated heterocycles. The van der Waals surface area contributed by atoms with E-state index >= 15 is 0 Å². The van der Waals surface area contributed by atoms with Crippen LogP contribution in [-0.4, -0.2) is 50.6 Å². The van der Waals surface area contributed by atoms with Gasteiger partial charge in [-0.15, -0.1) is 0 Å². The highest BCUT2D eigenvalue weighted by Crippen LogP contribution is 2.35. The fourth-order valence-electron chi connectivity index (χ4n) is 4.16. The number of carbonyl (C=O) groups is 1. The lowest BCUT2D eigenvalue weighted by Gasteiger charge is -2.22. The molecular weight excluding hydrogens is 314 g/mol. The molecule has 1 aromatic rings. The van der Waals surface area contributed by atoms with Gasteiger partial charge in [0.05, 0.1) is 12.7 Å². The zero-order valence-corrected chi connectivity index (χ0v) is 15.3. The van der Waals surface area contributed by atoms with Crippen LogP contribution in [0.1, 0.15) is 41.6 Å². The molecule has 0 bridgehead atoms. The van der Waals surface area contributed by atoms with E-state index in [4.69, 9.17) is 4.74 Å². The molecule has 0 spiro atoms. The van der Waals surface area contributed by atoms with E-state index in [2.05, 4.69) is 15.2 Å². The van der Waals surface area contributed by atoms with Crippen LogP contribution in [0.3, 0.4) is 0 Å². The van der Waals surface area contributed by atoms with Crippen LogP contribution in [0.2, 0.25) is 0 Å². The molecule has 2 fully saturated rings. The van der Waals surface area contributed by atoms with Crippen molar-refractivity contribution in [1.82, 2.24) is 10.2 Å². The Morgan fingerprint density at radius 2 is 1.84 bits per heavy atom. The predicted octanol–water partition coefficient (Wildman–Crippen LogP) is 2.71. The summed E-state index contributed by atoms with van der Waals surface area (Å²) < 4.78 is 4.73. The number of hydrogen-bond donors (Lipinski definition) is 1. The molecule has 1 aliphatic carbocycles. The Morgan fingerprint density at radius 1 is 1.20 bits per heavy atom. The second-order valence-electron chi connectivity index (χ2n) is 7.12. The van der Waals surface area contributed by atoms with Gasteiger partial charge in [0.2, 0.25) is 0 Å². The van der Waals surface area contributed by atoms with Gasteiger partial charge in [-0.1, -0.05) is 25.0 Å². The Balaban J connectivity index is 1.48. The SMILES string of the molecule is CN=C(NCCc1ccc(C(=O)OC)cc1)N1CC2CCCCC2C1. The average Bonchev–Trinajstić information content (AvgIpc) is 3.09. The second kappa shape index (κ2) is 8.37. The first kappa shape index (κ1) is 17.8. The van der Waals surface area contributed by atoms with E-state index in [1.165, 1.54) is 38.4 Å². The van der Waals surface area contributed by atoms with Crippen molar-refractivity contribution in [3.05, 3.63) is 35.4 Å². The number of nitrogens with zero attached hydrogens (tertiary/aromatic N) is 2. The largest absolute Gasteiger partial charge is 0.465 e. The number of rotatable bonds is 4. The number of nitrogens with one attached hydrogen (secondary N) is 1. The summed E-state index contributed by atoms with van der Waals surface area (Å²) in [7, 11) is 3.27. The summed E-state index contributed by atoms with van der Waals surface area (Å²) in [6, 6.07) is 7.62. The van der Waals surface area contributed by atoms with E-state index in [-0.39, 0.29) is 5.97 Å². The number of fused-ring (bicyclic) bond motifs is 1. The molecule has 25 heavy (non-hydrogen) atoms. The summed E-state index contributed by atoms with van der Waals surface area (Å²) in [5.74, 6) is 2.46. The highest BCUT2D eigenvalue weighted by Gasteiger charge is 2.35. The van der Waals surface area contributed by atoms with Crippen molar-refractivity contribution < 1.29 is 9.53 Å². The van der Waals surface area contributed by atoms with Gasteiger partial charge in [0, 0.05) is 26.7 Å². The first-order valence-corrected chi connectivity index (χ1v) is 9.34. The Morgan fingerprint density at radius 3 is 2.40 bits per heavy atom. The number of benzene rings is 1. The van der Waals surface area contributed by atoms with Crippen molar-refractivity contribution >= 4 is 11.9 Å². The maximum atomic E-state index is 11.5. The van der Waals surface area contributed by atoms with E-state index in [1.807, 2.05) is 31.3 Å². The molecule has 1 heterocycles. The lowest BCUT2D eigenvalue weighted by atomic mass is 9.82. The summed E-state index contributed by atoms with van der Waals surface area (Å²) in [6.45, 7) is 3.15. The fraction of sp³-hybridized carbons (Fsp3) is 0.600. The molecule has 0 amide bonds. The average molecular weight is 343 g/mol. The van der Waals surface area contributed by atoms with E-state index in [1.54, 1.807) is 0 Å². The minimum atomic E-state index is -0.291. The minimum absolute atomic E-state index is 0.291. The molecule has 0 radical (unpaired) electrons. The maximum absolute atomic E-state index is 11.5. The van der Waals surface area contributed by atoms with Gasteiger partial charge in [-0.05, 0) is 48.8 Å². The Hall–Kier alpha value is -2.04. The summed E-state index contributed by atoms with van der Waals surface area (Å²) >= 11 is 0. The molecule has 1 saturated carbocycles. The van der Waals surface area contributed by atoms with Gasteiger partial charge in [0.15, 0.2) is 5.96 Å². The van der Waals surface area contributed by atoms with Crippen molar-refractivity contribution in [2.45, 2.75) is 32.1 Å². The van der Waals surface area contributed by atoms with Crippen molar-refractivity contribution in [1.29, 1.82) is 0 Å². The van der Waals surface area contributed by atoms with E-state index in [9.17, 15) is 4.79 Å². The van der Waals surface area contributed by atoms with Crippen LogP contribution >= 0.6 is 0 Å². The van der Waals surface area contributed by atoms with Crippen LogP contribution in [0.4, 0.5) is 0 Å². The van der Waals surface area contributed by atoms with Gasteiger partial charge in [0.1, 0.15) is 0 Å². The van der Waals surface area contributed by atoms with Gasteiger partial charge in [-0.3, -0.25) is 4.99 Å². The molecule has 2 atom stereocenters. The molecule has 5 nitrogen and oxygen atoms in total. The molecule has 1 N–H and O–H groups in total. The molecule has 0 aromatic heterocycles. The summed E-state index contributed by atoms with van der Waals surface area (Å²) in [4.78, 5) is 18.4. The second-order valence-corrected chi connectivity index (χ2v) is 7.12. The highest BCUT2D eigenvalue weighted by atomic mass is 16.5. The number of guanidine groups is 1. The quantitative estimate of drug-likeness (QED) is 0.519. The van der Waals surface area contributed by atoms with Crippen molar-refractivity contribution in [2.24, 2.45) is 16.8 Å². The molecule has 3 rings (SSSR count). The van der Waals surface area contributed by atoms with Crippen LogP contribution in [0.25, 0.3) is 0 Å². The fourth-order valence-corrected chi connectivity index (χ4v) is 4.16. The van der Waals surface area contributed by atoms with Crippen LogP contribution in [-0.2, 0) is 11.2 Å². The van der Waals surface area contributed by atoms with Gasteiger partial charge in [0.25, 0.3) is 0 Å². The monoisotopic (exact) mass is 343 g/mol. The number of carbonyl (C=O) groups excluding carboxylic acids is 1. The van der Waals surface area contributed by atoms with Crippen LogP contribution in [0.5, 0.6) is 0 Å². The lowest BCUT2D eigenvalue weighted by molar-refractivity contribution is 0.0600. The van der Waals surface area contributed by atoms with Crippen LogP contribution in [0, 0.1) is 11.8 Å². The molecule has 2 unspecified atom stereocenters. The zero-order chi connectivity index (χ0) is 17.6. The summed E-state index contributed by atoms with van der Waals surface area (Å²) in [5, 5.41) is 3.50. The van der Waals surface area contributed by atoms with Crippen LogP contribution in [0.15, 0.2) is 29.3 Å². The number of esters is 1.